The number of rotatable bonds is 1. The molecule has 0 aromatic heterocycles. The van der Waals surface area contributed by atoms with Crippen LogP contribution in [-0.2, 0) is 0 Å². The number of ether oxygens (including phenoxy) is 1. The second kappa shape index (κ2) is 3.64. The van der Waals surface area contributed by atoms with Crippen molar-refractivity contribution in [1.29, 1.82) is 0 Å². The van der Waals surface area contributed by atoms with Gasteiger partial charge in [-0.15, -0.1) is 13.2 Å². The van der Waals surface area contributed by atoms with E-state index in [4.69, 9.17) is 5.73 Å². The molecule has 1 aromatic carbocycles. The topological polar surface area (TPSA) is 35.2 Å². The highest BCUT2D eigenvalue weighted by molar-refractivity contribution is 9.10. The Balaban J connectivity index is 3.09. The molecular formula is C7H4BrF4NO. The molecule has 0 amide bonds. The smallest absolute Gasteiger partial charge is 0.403 e. The maximum atomic E-state index is 12.7. The van der Waals surface area contributed by atoms with E-state index in [-0.39, 0.29) is 10.2 Å². The number of halogens is 5. The molecule has 0 bridgehead atoms. The van der Waals surface area contributed by atoms with E-state index in [2.05, 4.69) is 20.7 Å². The van der Waals surface area contributed by atoms with Crippen molar-refractivity contribution in [3.63, 3.8) is 0 Å². The molecule has 0 aliphatic rings. The summed E-state index contributed by atoms with van der Waals surface area (Å²) in [6, 6.07) is 1.51. The predicted molar refractivity (Wildman–Crippen MR) is 45.2 cm³/mol. The van der Waals surface area contributed by atoms with Crippen molar-refractivity contribution >= 4 is 21.6 Å². The van der Waals surface area contributed by atoms with Gasteiger partial charge >= 0.3 is 6.36 Å². The average molecular weight is 274 g/mol. The summed E-state index contributed by atoms with van der Waals surface area (Å²) in [6.45, 7) is 0. The summed E-state index contributed by atoms with van der Waals surface area (Å²) in [5.41, 5.74) is 4.92. The van der Waals surface area contributed by atoms with E-state index in [9.17, 15) is 17.6 Å². The Labute approximate surface area is 84.8 Å². The number of nitrogen functional groups attached to an aromatic ring is 1. The van der Waals surface area contributed by atoms with Crippen molar-refractivity contribution < 1.29 is 22.3 Å². The van der Waals surface area contributed by atoms with E-state index in [1.165, 1.54) is 0 Å². The van der Waals surface area contributed by atoms with E-state index in [0.29, 0.717) is 6.07 Å². The number of alkyl halides is 3. The zero-order valence-corrected chi connectivity index (χ0v) is 8.12. The molecule has 2 N–H and O–H groups in total. The average Bonchev–Trinajstić information content (AvgIpc) is 1.96. The monoisotopic (exact) mass is 273 g/mol. The van der Waals surface area contributed by atoms with Gasteiger partial charge in [-0.05, 0) is 22.0 Å². The molecule has 2 nitrogen and oxygen atoms in total. The van der Waals surface area contributed by atoms with Gasteiger partial charge in [0.2, 0.25) is 0 Å². The van der Waals surface area contributed by atoms with Gasteiger partial charge in [0.1, 0.15) is 5.82 Å². The van der Waals surface area contributed by atoms with Gasteiger partial charge < -0.3 is 10.5 Å². The lowest BCUT2D eigenvalue weighted by Gasteiger charge is -2.11. The largest absolute Gasteiger partial charge is 0.573 e. The fourth-order valence-corrected chi connectivity index (χ4v) is 1.18. The van der Waals surface area contributed by atoms with Crippen LogP contribution in [0.5, 0.6) is 5.75 Å². The van der Waals surface area contributed by atoms with Gasteiger partial charge in [-0.2, -0.15) is 0 Å². The normalized spacial score (nSPS) is 11.5. The summed E-state index contributed by atoms with van der Waals surface area (Å²) < 4.78 is 51.5. The third kappa shape index (κ3) is 2.76. The summed E-state index contributed by atoms with van der Waals surface area (Å²) in [5, 5.41) is 0. The molecule has 0 radical (unpaired) electrons. The lowest BCUT2D eigenvalue weighted by Crippen LogP contribution is -2.18. The molecule has 1 aromatic rings. The number of hydrogen-bond acceptors (Lipinski definition) is 2. The number of nitrogens with two attached hydrogens (primary N) is 1. The van der Waals surface area contributed by atoms with Crippen LogP contribution in [0.15, 0.2) is 16.6 Å². The fraction of sp³-hybridized carbons (Fsp3) is 0.143. The molecule has 0 spiro atoms. The maximum Gasteiger partial charge on any atom is 0.573 e. The van der Waals surface area contributed by atoms with Crippen LogP contribution >= 0.6 is 15.9 Å². The standard InChI is InChI=1S/C7H4BrF4NO/c8-4-1-3(9)2-5(6(4)13)14-7(10,11)12/h1-2H,13H2. The van der Waals surface area contributed by atoms with Crippen LogP contribution in [0, 0.1) is 5.82 Å². The Morgan fingerprint density at radius 3 is 2.36 bits per heavy atom. The van der Waals surface area contributed by atoms with Crippen molar-refractivity contribution in [2.75, 3.05) is 5.73 Å². The minimum atomic E-state index is -4.89. The molecule has 0 unspecified atom stereocenters. The molecule has 0 heterocycles. The van der Waals surface area contributed by atoms with Crippen LogP contribution in [0.1, 0.15) is 0 Å². The first-order valence-corrected chi connectivity index (χ1v) is 4.09. The van der Waals surface area contributed by atoms with Gasteiger partial charge in [-0.1, -0.05) is 0 Å². The summed E-state index contributed by atoms with van der Waals surface area (Å²) in [6.07, 6.45) is -4.89. The summed E-state index contributed by atoms with van der Waals surface area (Å²) in [5.74, 6) is -1.63. The fourth-order valence-electron chi connectivity index (χ4n) is 0.770. The Hall–Kier alpha value is -0.980. The van der Waals surface area contributed by atoms with Crippen LogP contribution in [0.3, 0.4) is 0 Å². The second-order valence-corrected chi connectivity index (χ2v) is 3.20. The van der Waals surface area contributed by atoms with Crippen LogP contribution < -0.4 is 10.5 Å². The van der Waals surface area contributed by atoms with Gasteiger partial charge in [0.15, 0.2) is 5.75 Å². The van der Waals surface area contributed by atoms with Crippen LogP contribution in [0.2, 0.25) is 0 Å². The molecule has 1 rings (SSSR count). The highest BCUT2D eigenvalue weighted by Crippen LogP contribution is 2.34. The molecule has 14 heavy (non-hydrogen) atoms. The molecule has 0 saturated carbocycles. The maximum absolute atomic E-state index is 12.7. The third-order valence-electron chi connectivity index (χ3n) is 1.28. The highest BCUT2D eigenvalue weighted by Gasteiger charge is 2.32. The molecule has 0 aliphatic heterocycles. The predicted octanol–water partition coefficient (Wildman–Crippen LogP) is 3.07. The molecule has 0 aliphatic carbocycles. The van der Waals surface area contributed by atoms with Crippen LogP contribution in [-0.4, -0.2) is 6.36 Å². The SMILES string of the molecule is Nc1c(Br)cc(F)cc1OC(F)(F)F. The molecule has 7 heteroatoms. The number of anilines is 1. The first-order chi connectivity index (χ1) is 6.29. The van der Waals surface area contributed by atoms with Crippen molar-refractivity contribution in [2.24, 2.45) is 0 Å². The van der Waals surface area contributed by atoms with E-state index >= 15 is 0 Å². The van der Waals surface area contributed by atoms with Gasteiger partial charge in [0, 0.05) is 10.5 Å². The zero-order valence-electron chi connectivity index (χ0n) is 6.53. The third-order valence-corrected chi connectivity index (χ3v) is 1.94. The minimum absolute atomic E-state index is 0.0109. The van der Waals surface area contributed by atoms with Gasteiger partial charge in [0.05, 0.1) is 5.69 Å². The lowest BCUT2D eigenvalue weighted by molar-refractivity contribution is -0.274. The molecule has 78 valence electrons. The Kier molecular flexibility index (Phi) is 2.89. The summed E-state index contributed by atoms with van der Waals surface area (Å²) in [7, 11) is 0. The Morgan fingerprint density at radius 1 is 1.29 bits per heavy atom. The molecular weight excluding hydrogens is 270 g/mol. The van der Waals surface area contributed by atoms with Crippen molar-refractivity contribution in [3.05, 3.63) is 22.4 Å². The lowest BCUT2D eigenvalue weighted by atomic mass is 10.3. The van der Waals surface area contributed by atoms with Crippen molar-refractivity contribution in [2.45, 2.75) is 6.36 Å². The molecule has 0 atom stereocenters. The quantitative estimate of drug-likeness (QED) is 0.631. The number of hydrogen-bond donors (Lipinski definition) is 1. The summed E-state index contributed by atoms with van der Waals surface area (Å²) >= 11 is 2.79. The second-order valence-electron chi connectivity index (χ2n) is 2.35. The van der Waals surface area contributed by atoms with Crippen LogP contribution in [0.4, 0.5) is 23.2 Å². The van der Waals surface area contributed by atoms with Gasteiger partial charge in [-0.25, -0.2) is 4.39 Å². The molecule has 0 saturated heterocycles. The van der Waals surface area contributed by atoms with Gasteiger partial charge in [0.25, 0.3) is 0 Å². The zero-order chi connectivity index (χ0) is 10.9. The van der Waals surface area contributed by atoms with Gasteiger partial charge in [-0.3, -0.25) is 0 Å². The van der Waals surface area contributed by atoms with E-state index in [1.807, 2.05) is 0 Å². The number of benzene rings is 1. The molecule has 0 fully saturated rings. The summed E-state index contributed by atoms with van der Waals surface area (Å²) in [4.78, 5) is 0. The van der Waals surface area contributed by atoms with E-state index < -0.39 is 17.9 Å². The first kappa shape index (κ1) is 11.1. The Morgan fingerprint density at radius 2 is 1.86 bits per heavy atom. The van der Waals surface area contributed by atoms with Crippen molar-refractivity contribution in [1.82, 2.24) is 0 Å². The minimum Gasteiger partial charge on any atom is -0.403 e. The first-order valence-electron chi connectivity index (χ1n) is 3.30. The van der Waals surface area contributed by atoms with E-state index in [0.717, 1.165) is 6.07 Å². The highest BCUT2D eigenvalue weighted by atomic mass is 79.9. The van der Waals surface area contributed by atoms with Crippen LogP contribution in [0.25, 0.3) is 0 Å². The van der Waals surface area contributed by atoms with Crippen molar-refractivity contribution in [3.8, 4) is 5.75 Å². The van der Waals surface area contributed by atoms with E-state index in [1.54, 1.807) is 0 Å². The Bertz CT molecular complexity index is 352.